The van der Waals surface area contributed by atoms with E-state index in [1.54, 1.807) is 58.6 Å². The van der Waals surface area contributed by atoms with Crippen molar-refractivity contribution >= 4 is 31.1 Å². The Kier molecular flexibility index (Phi) is 11.1. The monoisotopic (exact) mass is 673 g/mol. The predicted octanol–water partition coefficient (Wildman–Crippen LogP) is 6.22. The number of benzene rings is 1. The van der Waals surface area contributed by atoms with Crippen molar-refractivity contribution in [2.45, 2.75) is 143 Å². The number of likely N-dealkylation sites (tertiary alicyclic amines) is 1. The number of carbonyl (C=O) groups excluding carboxylic acids is 3. The summed E-state index contributed by atoms with van der Waals surface area (Å²) in [6.07, 6.45) is 2.51. The minimum Gasteiger partial charge on any atom is -0.486 e. The maximum Gasteiger partial charge on any atom is 0.514 e. The lowest BCUT2D eigenvalue weighted by molar-refractivity contribution is -0.140. The zero-order valence-corrected chi connectivity index (χ0v) is 29.9. The quantitative estimate of drug-likeness (QED) is 0.162. The molecule has 3 aliphatic rings. The zero-order valence-electron chi connectivity index (χ0n) is 29.9. The molecule has 2 saturated heterocycles. The zero-order chi connectivity index (χ0) is 35.7. The summed E-state index contributed by atoms with van der Waals surface area (Å²) in [4.78, 5) is 51.7. The molecule has 266 valence electrons. The summed E-state index contributed by atoms with van der Waals surface area (Å²) in [5, 5.41) is 8.86. The largest absolute Gasteiger partial charge is 0.514 e. The third-order valence-electron chi connectivity index (χ3n) is 8.61. The van der Waals surface area contributed by atoms with Gasteiger partial charge in [0.1, 0.15) is 28.6 Å². The Hall–Kier alpha value is -3.32. The van der Waals surface area contributed by atoms with Crippen molar-refractivity contribution in [1.82, 2.24) is 4.90 Å². The number of amides is 1. The number of rotatable bonds is 11. The van der Waals surface area contributed by atoms with Gasteiger partial charge in [-0.2, -0.15) is 0 Å². The molecule has 1 N–H and O–H groups in total. The van der Waals surface area contributed by atoms with Crippen molar-refractivity contribution in [1.29, 1.82) is 0 Å². The van der Waals surface area contributed by atoms with Gasteiger partial charge >= 0.3 is 25.2 Å². The first-order chi connectivity index (χ1) is 22.1. The van der Waals surface area contributed by atoms with Gasteiger partial charge in [0, 0.05) is 12.8 Å². The van der Waals surface area contributed by atoms with Crippen LogP contribution in [0.1, 0.15) is 117 Å². The second-order valence-electron chi connectivity index (χ2n) is 16.2. The van der Waals surface area contributed by atoms with Crippen LogP contribution in [-0.2, 0) is 34.8 Å². The SMILES string of the molecule is CC1(C)CCC2OB(CCc3ccc(OC4CN(C(=O)CCCC(=O)O)C4)c(C(=O)OC(C)(C)C)c3OC(=O)OC(C)(C)C)OC2(C)C1. The second kappa shape index (κ2) is 14.3. The Labute approximate surface area is 284 Å². The molecule has 2 heterocycles. The molecule has 0 radical (unpaired) electrons. The number of carboxylic acid groups (broad SMARTS) is 1. The van der Waals surface area contributed by atoms with Crippen molar-refractivity contribution in [3.63, 3.8) is 0 Å². The molecule has 48 heavy (non-hydrogen) atoms. The van der Waals surface area contributed by atoms with Gasteiger partial charge in [0.2, 0.25) is 5.91 Å². The molecule has 12 nitrogen and oxygen atoms in total. The van der Waals surface area contributed by atoms with Crippen molar-refractivity contribution in [3.05, 3.63) is 23.3 Å². The summed E-state index contributed by atoms with van der Waals surface area (Å²) in [5.41, 5.74) is -1.47. The van der Waals surface area contributed by atoms with E-state index >= 15 is 0 Å². The first-order valence-electron chi connectivity index (χ1n) is 16.9. The number of fused-ring (bicyclic) bond motifs is 1. The molecule has 1 aliphatic carbocycles. The molecular weight excluding hydrogens is 621 g/mol. The third-order valence-corrected chi connectivity index (χ3v) is 8.61. The van der Waals surface area contributed by atoms with E-state index in [9.17, 15) is 19.2 Å². The van der Waals surface area contributed by atoms with E-state index in [-0.39, 0.29) is 66.8 Å². The molecule has 0 spiro atoms. The summed E-state index contributed by atoms with van der Waals surface area (Å²) in [6.45, 7) is 17.5. The average molecular weight is 674 g/mol. The van der Waals surface area contributed by atoms with Crippen LogP contribution in [0.4, 0.5) is 4.79 Å². The van der Waals surface area contributed by atoms with Gasteiger partial charge in [-0.25, -0.2) is 9.59 Å². The van der Waals surface area contributed by atoms with Crippen LogP contribution >= 0.6 is 0 Å². The topological polar surface area (TPSA) is 147 Å². The fourth-order valence-electron chi connectivity index (χ4n) is 6.56. The summed E-state index contributed by atoms with van der Waals surface area (Å²) >= 11 is 0. The summed E-state index contributed by atoms with van der Waals surface area (Å²) in [7, 11) is -0.474. The second-order valence-corrected chi connectivity index (χ2v) is 16.2. The molecule has 2 atom stereocenters. The first-order valence-corrected chi connectivity index (χ1v) is 16.9. The van der Waals surface area contributed by atoms with Gasteiger partial charge in [0.05, 0.1) is 24.8 Å². The van der Waals surface area contributed by atoms with E-state index < -0.39 is 48.1 Å². The van der Waals surface area contributed by atoms with Gasteiger partial charge in [-0.3, -0.25) is 9.59 Å². The van der Waals surface area contributed by atoms with Gasteiger partial charge in [0.15, 0.2) is 5.75 Å². The highest BCUT2D eigenvalue weighted by atomic mass is 16.7. The van der Waals surface area contributed by atoms with E-state index in [2.05, 4.69) is 20.8 Å². The van der Waals surface area contributed by atoms with Crippen LogP contribution in [0.2, 0.25) is 6.32 Å². The van der Waals surface area contributed by atoms with Crippen LogP contribution in [0.25, 0.3) is 0 Å². The Morgan fingerprint density at radius 1 is 1.00 bits per heavy atom. The minimum atomic E-state index is -0.985. The van der Waals surface area contributed by atoms with Crippen molar-refractivity contribution < 1.29 is 52.5 Å². The highest BCUT2D eigenvalue weighted by Crippen LogP contribution is 2.48. The lowest BCUT2D eigenvalue weighted by Crippen LogP contribution is -2.56. The van der Waals surface area contributed by atoms with Gasteiger partial charge in [0.25, 0.3) is 0 Å². The summed E-state index contributed by atoms with van der Waals surface area (Å²) < 4.78 is 36.1. The number of aryl methyl sites for hydroxylation is 1. The highest BCUT2D eigenvalue weighted by Gasteiger charge is 2.53. The molecule has 13 heteroatoms. The molecule has 1 aromatic rings. The number of hydrogen-bond donors (Lipinski definition) is 1. The van der Waals surface area contributed by atoms with Gasteiger partial charge in [-0.05, 0) is 104 Å². The number of aliphatic carboxylic acids is 1. The van der Waals surface area contributed by atoms with E-state index in [1.165, 1.54) is 0 Å². The smallest absolute Gasteiger partial charge is 0.486 e. The number of esters is 1. The fraction of sp³-hybridized carbons (Fsp3) is 0.714. The Bertz CT molecular complexity index is 1380. The van der Waals surface area contributed by atoms with Crippen LogP contribution in [-0.4, -0.2) is 83.2 Å². The maximum absolute atomic E-state index is 13.8. The molecule has 1 aromatic carbocycles. The molecule has 2 unspecified atom stereocenters. The third kappa shape index (κ3) is 10.1. The lowest BCUT2D eigenvalue weighted by atomic mass is 9.69. The van der Waals surface area contributed by atoms with Crippen molar-refractivity contribution in [2.75, 3.05) is 13.1 Å². The molecule has 0 bridgehead atoms. The number of carbonyl (C=O) groups is 4. The number of ether oxygens (including phenoxy) is 4. The number of nitrogens with zero attached hydrogens (tertiary/aromatic N) is 1. The van der Waals surface area contributed by atoms with Crippen LogP contribution in [0, 0.1) is 5.41 Å². The van der Waals surface area contributed by atoms with Gasteiger partial charge < -0.3 is 38.3 Å². The molecular formula is C35H52BNO11. The molecule has 2 aliphatic heterocycles. The van der Waals surface area contributed by atoms with Gasteiger partial charge in [-0.15, -0.1) is 0 Å². The Morgan fingerprint density at radius 3 is 2.29 bits per heavy atom. The minimum absolute atomic E-state index is 0.00722. The molecule has 0 aromatic heterocycles. The normalized spacial score (nSPS) is 22.4. The van der Waals surface area contributed by atoms with Crippen molar-refractivity contribution in [3.8, 4) is 11.5 Å². The highest BCUT2D eigenvalue weighted by molar-refractivity contribution is 6.45. The van der Waals surface area contributed by atoms with Crippen LogP contribution in [0.5, 0.6) is 11.5 Å². The lowest BCUT2D eigenvalue weighted by Gasteiger charge is -2.43. The molecule has 4 rings (SSSR count). The predicted molar refractivity (Wildman–Crippen MR) is 177 cm³/mol. The van der Waals surface area contributed by atoms with E-state index in [1.807, 2.05) is 0 Å². The van der Waals surface area contributed by atoms with E-state index in [0.717, 1.165) is 19.3 Å². The number of carboxylic acids is 1. The van der Waals surface area contributed by atoms with Crippen LogP contribution < -0.4 is 9.47 Å². The Morgan fingerprint density at radius 2 is 1.67 bits per heavy atom. The van der Waals surface area contributed by atoms with Crippen LogP contribution in [0.3, 0.4) is 0 Å². The summed E-state index contributed by atoms with van der Waals surface area (Å²) in [5.74, 6) is -1.74. The Balaban J connectivity index is 1.58. The standard InChI is InChI=1S/C35H52BNO11/c1-32(2,3)45-30(41)28-24(43-23-19-37(20-23)26(38)11-10-12-27(39)40)14-13-22(29(28)44-31(42)46-33(4,5)6)16-18-36-47-25-15-17-34(7,8)21-35(25,9)48-36/h13-14,23,25H,10-12,15-21H2,1-9H3,(H,39,40). The van der Waals surface area contributed by atoms with Gasteiger partial charge in [-0.1, -0.05) is 19.9 Å². The molecule has 1 saturated carbocycles. The first kappa shape index (κ1) is 37.5. The average Bonchev–Trinajstić information content (AvgIpc) is 3.21. The fourth-order valence-corrected chi connectivity index (χ4v) is 6.56. The van der Waals surface area contributed by atoms with Crippen molar-refractivity contribution in [2.24, 2.45) is 5.41 Å². The van der Waals surface area contributed by atoms with E-state index in [4.69, 9.17) is 33.4 Å². The summed E-state index contributed by atoms with van der Waals surface area (Å²) in [6, 6.07) is 3.39. The molecule has 3 fully saturated rings. The van der Waals surface area contributed by atoms with E-state index in [0.29, 0.717) is 18.3 Å². The number of hydrogen-bond acceptors (Lipinski definition) is 10. The maximum atomic E-state index is 13.8. The molecule has 1 amide bonds. The van der Waals surface area contributed by atoms with Crippen LogP contribution in [0.15, 0.2) is 12.1 Å².